The first-order chi connectivity index (χ1) is 12.6. The Balaban J connectivity index is 1.77. The van der Waals surface area contributed by atoms with Crippen molar-refractivity contribution in [3.8, 4) is 0 Å². The molecule has 2 aromatic rings. The van der Waals surface area contributed by atoms with Crippen LogP contribution in [0.3, 0.4) is 0 Å². The molecule has 0 bridgehead atoms. The Morgan fingerprint density at radius 3 is 2.31 bits per heavy atom. The molecule has 0 aliphatic carbocycles. The third-order valence-electron chi connectivity index (χ3n) is 3.41. The number of nitrogens with zero attached hydrogens (tertiary/aromatic N) is 1. The number of rotatable bonds is 13. The molecule has 4 nitrogen and oxygen atoms in total. The van der Waals surface area contributed by atoms with Crippen LogP contribution in [0.25, 0.3) is 10.2 Å². The largest absolute Gasteiger partial charge is 0.504 e. The van der Waals surface area contributed by atoms with Gasteiger partial charge in [0.05, 0.1) is 10.2 Å². The van der Waals surface area contributed by atoms with Crippen LogP contribution in [0.15, 0.2) is 28.6 Å². The summed E-state index contributed by atoms with van der Waals surface area (Å²) >= 11 is 1.74. The van der Waals surface area contributed by atoms with Crippen LogP contribution in [-0.4, -0.2) is 39.4 Å². The van der Waals surface area contributed by atoms with Crippen molar-refractivity contribution >= 4 is 71.6 Å². The molecule has 2 rings (SSSR count). The number of benzene rings is 1. The minimum Gasteiger partial charge on any atom is -0.374 e. The van der Waals surface area contributed by atoms with Crippen LogP contribution in [0, 0.1) is 0 Å². The van der Waals surface area contributed by atoms with E-state index in [9.17, 15) is 0 Å². The fourth-order valence-corrected chi connectivity index (χ4v) is 13.5. The zero-order valence-corrected chi connectivity index (χ0v) is 20.5. The lowest BCUT2D eigenvalue weighted by molar-refractivity contribution is 0.0646. The molecule has 0 amide bonds. The summed E-state index contributed by atoms with van der Waals surface area (Å²) < 4.78 is 20.3. The number of aromatic nitrogens is 1. The molecule has 0 aliphatic heterocycles. The van der Waals surface area contributed by atoms with Crippen LogP contribution in [0.1, 0.15) is 27.7 Å². The van der Waals surface area contributed by atoms with Crippen LogP contribution < -0.4 is 0 Å². The van der Waals surface area contributed by atoms with Gasteiger partial charge in [-0.25, -0.2) is 4.98 Å². The molecule has 26 heavy (non-hydrogen) atoms. The molecule has 0 radical (unpaired) electrons. The van der Waals surface area contributed by atoms with E-state index in [0.717, 1.165) is 15.6 Å². The van der Waals surface area contributed by atoms with Gasteiger partial charge in [0.2, 0.25) is 0 Å². The Bertz CT molecular complexity index is 610. The first-order valence-electron chi connectivity index (χ1n) is 8.55. The van der Waals surface area contributed by atoms with E-state index >= 15 is 0 Å². The first-order valence-corrected chi connectivity index (χ1v) is 16.2. The fourth-order valence-electron chi connectivity index (χ4n) is 2.34. The highest BCUT2D eigenvalue weighted by atomic mass is 33.7. The minimum absolute atomic E-state index is 0.257. The van der Waals surface area contributed by atoms with Gasteiger partial charge in [0.25, 0.3) is 0 Å². The highest BCUT2D eigenvalue weighted by Gasteiger charge is 2.46. The number of fused-ring (bicyclic) bond motifs is 1. The molecule has 0 spiro atoms. The summed E-state index contributed by atoms with van der Waals surface area (Å²) in [4.78, 5) is 4.64. The molecule has 1 aromatic carbocycles. The molecule has 1 unspecified atom stereocenters. The van der Waals surface area contributed by atoms with Gasteiger partial charge in [-0.3, -0.25) is 0 Å². The van der Waals surface area contributed by atoms with Crippen molar-refractivity contribution in [2.24, 2.45) is 0 Å². The summed E-state index contributed by atoms with van der Waals surface area (Å²) in [6.07, 6.45) is 0. The molecule has 146 valence electrons. The molecule has 0 saturated heterocycles. The molecule has 0 saturated carbocycles. The van der Waals surface area contributed by atoms with Gasteiger partial charge in [0.15, 0.2) is 4.34 Å². The highest BCUT2D eigenvalue weighted by molar-refractivity contribution is 9.26. The smallest absolute Gasteiger partial charge is 0.374 e. The van der Waals surface area contributed by atoms with Crippen LogP contribution in [0.2, 0.25) is 5.54 Å². The van der Waals surface area contributed by atoms with E-state index in [2.05, 4.69) is 30.1 Å². The normalized spacial score (nSPS) is 13.4. The van der Waals surface area contributed by atoms with Crippen LogP contribution in [-0.2, 0) is 13.3 Å². The van der Waals surface area contributed by atoms with E-state index in [0.29, 0.717) is 19.8 Å². The Hall–Kier alpha value is 0.607. The van der Waals surface area contributed by atoms with Crippen LogP contribution in [0.4, 0.5) is 0 Å². The van der Waals surface area contributed by atoms with E-state index in [4.69, 9.17) is 13.3 Å². The zero-order valence-electron chi connectivity index (χ0n) is 15.4. The van der Waals surface area contributed by atoms with E-state index in [-0.39, 0.29) is 5.54 Å². The zero-order chi connectivity index (χ0) is 18.8. The molecule has 0 aliphatic rings. The molecule has 10 heteroatoms. The average molecular weight is 468 g/mol. The van der Waals surface area contributed by atoms with Crippen molar-refractivity contribution in [2.45, 2.75) is 37.6 Å². The highest BCUT2D eigenvalue weighted by Crippen LogP contribution is 2.49. The third kappa shape index (κ3) is 6.59. The predicted molar refractivity (Wildman–Crippen MR) is 123 cm³/mol. The maximum atomic E-state index is 5.98. The number of hydrogen-bond donors (Lipinski definition) is 0. The SMILES string of the molecule is CCO[Si](OCC)(OCC)C(C)CSSSSc1nc2ccccc2s1. The van der Waals surface area contributed by atoms with Crippen LogP contribution in [0.5, 0.6) is 0 Å². The fraction of sp³-hybridized carbons (Fsp3) is 0.562. The van der Waals surface area contributed by atoms with Crippen LogP contribution >= 0.6 is 52.6 Å². The van der Waals surface area contributed by atoms with E-state index in [1.807, 2.05) is 37.6 Å². The Labute approximate surface area is 176 Å². The average Bonchev–Trinajstić information content (AvgIpc) is 3.04. The topological polar surface area (TPSA) is 40.6 Å². The minimum atomic E-state index is -2.61. The second kappa shape index (κ2) is 12.2. The van der Waals surface area contributed by atoms with E-state index in [1.165, 1.54) is 4.70 Å². The van der Waals surface area contributed by atoms with Gasteiger partial charge in [-0.05, 0) is 63.3 Å². The lowest BCUT2D eigenvalue weighted by Crippen LogP contribution is -2.50. The van der Waals surface area contributed by atoms with Gasteiger partial charge in [-0.1, -0.05) is 29.9 Å². The van der Waals surface area contributed by atoms with Gasteiger partial charge in [-0.15, -0.1) is 11.3 Å². The van der Waals surface area contributed by atoms with E-state index < -0.39 is 8.80 Å². The lowest BCUT2D eigenvalue weighted by Gasteiger charge is -2.33. The molecular weight excluding hydrogens is 443 g/mol. The second-order valence-electron chi connectivity index (χ2n) is 5.26. The van der Waals surface area contributed by atoms with Crippen molar-refractivity contribution in [2.75, 3.05) is 25.6 Å². The van der Waals surface area contributed by atoms with Gasteiger partial charge in [0, 0.05) is 31.1 Å². The first kappa shape index (κ1) is 22.9. The molecular formula is C16H25NO3S5Si. The Morgan fingerprint density at radius 2 is 1.69 bits per heavy atom. The maximum absolute atomic E-state index is 5.98. The third-order valence-corrected chi connectivity index (χ3v) is 15.0. The monoisotopic (exact) mass is 467 g/mol. The predicted octanol–water partition coefficient (Wildman–Crippen LogP) is 6.77. The van der Waals surface area contributed by atoms with Gasteiger partial charge < -0.3 is 13.3 Å². The standard InChI is InChI=1S/C16H25NO3S5Si/c1-5-18-26(19-6-2,20-7-3)13(4)12-21-24-25-23-16-17-14-10-8-9-11-15(14)22-16/h8-11,13H,5-7,12H2,1-4H3. The molecule has 0 fully saturated rings. The summed E-state index contributed by atoms with van der Waals surface area (Å²) in [5.41, 5.74) is 1.33. The van der Waals surface area contributed by atoms with E-state index in [1.54, 1.807) is 41.8 Å². The quantitative estimate of drug-likeness (QED) is 0.181. The van der Waals surface area contributed by atoms with Gasteiger partial charge >= 0.3 is 8.80 Å². The summed E-state index contributed by atoms with van der Waals surface area (Å²) in [5, 5.41) is 0. The summed E-state index contributed by atoms with van der Waals surface area (Å²) in [6.45, 7) is 10.0. The molecule has 0 N–H and O–H groups in total. The van der Waals surface area contributed by atoms with Gasteiger partial charge in [0.1, 0.15) is 0 Å². The maximum Gasteiger partial charge on any atom is 0.504 e. The number of hydrogen-bond acceptors (Lipinski definition) is 9. The Morgan fingerprint density at radius 1 is 1.04 bits per heavy atom. The summed E-state index contributed by atoms with van der Waals surface area (Å²) in [6, 6.07) is 8.26. The number of thiazole rings is 1. The van der Waals surface area contributed by atoms with Crippen molar-refractivity contribution < 1.29 is 13.3 Å². The molecule has 1 heterocycles. The van der Waals surface area contributed by atoms with Crippen molar-refractivity contribution in [3.63, 3.8) is 0 Å². The number of para-hydroxylation sites is 1. The van der Waals surface area contributed by atoms with Gasteiger partial charge in [-0.2, -0.15) is 0 Å². The van der Waals surface area contributed by atoms with Crippen molar-refractivity contribution in [1.82, 2.24) is 4.98 Å². The molecule has 1 atom stereocenters. The lowest BCUT2D eigenvalue weighted by atomic mass is 10.3. The van der Waals surface area contributed by atoms with Crippen molar-refractivity contribution in [3.05, 3.63) is 24.3 Å². The summed E-state index contributed by atoms with van der Waals surface area (Å²) in [7, 11) is 4.46. The Kier molecular flexibility index (Phi) is 10.8. The van der Waals surface area contributed by atoms with Crippen molar-refractivity contribution in [1.29, 1.82) is 0 Å². The molecule has 1 aromatic heterocycles. The second-order valence-corrected chi connectivity index (χ2v) is 15.5. The summed E-state index contributed by atoms with van der Waals surface area (Å²) in [5.74, 6) is 0.935.